The van der Waals surface area contributed by atoms with Gasteiger partial charge in [-0.3, -0.25) is 0 Å². The van der Waals surface area contributed by atoms with Gasteiger partial charge in [-0.15, -0.1) is 10.2 Å². The third-order valence-electron chi connectivity index (χ3n) is 3.22. The van der Waals surface area contributed by atoms with E-state index in [2.05, 4.69) is 15.2 Å². The van der Waals surface area contributed by atoms with Crippen molar-refractivity contribution in [1.82, 2.24) is 15.2 Å². The molecule has 2 aromatic carbocycles. The Morgan fingerprint density at radius 1 is 0.909 bits per heavy atom. The van der Waals surface area contributed by atoms with E-state index in [0.29, 0.717) is 17.1 Å². The Morgan fingerprint density at radius 2 is 1.55 bits per heavy atom. The molecule has 0 N–H and O–H groups in total. The molecule has 5 heteroatoms. The highest BCUT2D eigenvalue weighted by Gasteiger charge is 2.12. The number of hydrogen-bond acceptors (Lipinski definition) is 4. The first-order valence-corrected chi connectivity index (χ1v) is 6.65. The number of halogens is 1. The van der Waals surface area contributed by atoms with Crippen LogP contribution < -0.4 is 0 Å². The molecule has 0 atom stereocenters. The van der Waals surface area contributed by atoms with Crippen molar-refractivity contribution in [2.75, 3.05) is 0 Å². The molecule has 106 valence electrons. The predicted octanol–water partition coefficient (Wildman–Crippen LogP) is 3.52. The van der Waals surface area contributed by atoms with Gasteiger partial charge >= 0.3 is 0 Å². The van der Waals surface area contributed by atoms with Crippen molar-refractivity contribution in [3.63, 3.8) is 0 Å². The van der Waals surface area contributed by atoms with Crippen LogP contribution in [0.3, 0.4) is 0 Å². The monoisotopic (exact) mass is 290 g/mol. The van der Waals surface area contributed by atoms with Crippen LogP contribution in [0.2, 0.25) is 0 Å². The van der Waals surface area contributed by atoms with Gasteiger partial charge in [0, 0.05) is 11.1 Å². The molecule has 3 rings (SSSR count). The van der Waals surface area contributed by atoms with Gasteiger partial charge < -0.3 is 0 Å². The zero-order valence-corrected chi connectivity index (χ0v) is 11.8. The van der Waals surface area contributed by atoms with Gasteiger partial charge in [-0.1, -0.05) is 29.8 Å². The van der Waals surface area contributed by atoms with Crippen molar-refractivity contribution in [1.29, 1.82) is 5.26 Å². The standard InChI is InChI=1S/C17H11FN4/c1-11-2-4-12(5-3-11)16-15(10-19)20-17(22-21-16)13-6-8-14(18)9-7-13/h2-9H,1H3. The van der Waals surface area contributed by atoms with Crippen LogP contribution in [0, 0.1) is 24.1 Å². The number of benzene rings is 2. The quantitative estimate of drug-likeness (QED) is 0.724. The van der Waals surface area contributed by atoms with E-state index in [4.69, 9.17) is 0 Å². The van der Waals surface area contributed by atoms with Crippen LogP contribution in [0.25, 0.3) is 22.6 Å². The van der Waals surface area contributed by atoms with E-state index in [1.165, 1.54) is 12.1 Å². The van der Waals surface area contributed by atoms with Crippen molar-refractivity contribution in [3.05, 3.63) is 65.6 Å². The minimum absolute atomic E-state index is 0.193. The number of rotatable bonds is 2. The van der Waals surface area contributed by atoms with Crippen LogP contribution in [0.1, 0.15) is 11.3 Å². The lowest BCUT2D eigenvalue weighted by atomic mass is 10.1. The van der Waals surface area contributed by atoms with E-state index in [9.17, 15) is 9.65 Å². The molecular formula is C17H11FN4. The molecule has 3 aromatic rings. The molecule has 0 spiro atoms. The highest BCUT2D eigenvalue weighted by atomic mass is 19.1. The van der Waals surface area contributed by atoms with Gasteiger partial charge in [0.1, 0.15) is 17.6 Å². The van der Waals surface area contributed by atoms with E-state index in [1.54, 1.807) is 12.1 Å². The summed E-state index contributed by atoms with van der Waals surface area (Å²) in [4.78, 5) is 4.23. The van der Waals surface area contributed by atoms with E-state index in [0.717, 1.165) is 11.1 Å². The average molecular weight is 290 g/mol. The van der Waals surface area contributed by atoms with E-state index < -0.39 is 0 Å². The zero-order valence-electron chi connectivity index (χ0n) is 11.8. The molecule has 4 nitrogen and oxygen atoms in total. The minimum Gasteiger partial charge on any atom is -0.213 e. The molecule has 0 amide bonds. The summed E-state index contributed by atoms with van der Waals surface area (Å²) in [6, 6.07) is 15.4. The Hall–Kier alpha value is -3.13. The lowest BCUT2D eigenvalue weighted by Crippen LogP contribution is -2.00. The number of nitrogens with zero attached hydrogens (tertiary/aromatic N) is 4. The smallest absolute Gasteiger partial charge is 0.183 e. The summed E-state index contributed by atoms with van der Waals surface area (Å²) in [5.74, 6) is -0.0408. The molecule has 0 saturated heterocycles. The normalized spacial score (nSPS) is 10.2. The predicted molar refractivity (Wildman–Crippen MR) is 80.1 cm³/mol. The Labute approximate surface area is 126 Å². The second kappa shape index (κ2) is 5.70. The molecule has 1 aromatic heterocycles. The molecule has 1 heterocycles. The molecule has 0 unspecified atom stereocenters. The van der Waals surface area contributed by atoms with Crippen LogP contribution in [-0.2, 0) is 0 Å². The largest absolute Gasteiger partial charge is 0.213 e. The maximum atomic E-state index is 13.0. The second-order valence-corrected chi connectivity index (χ2v) is 4.82. The lowest BCUT2D eigenvalue weighted by molar-refractivity contribution is 0.628. The molecule has 0 fully saturated rings. The van der Waals surface area contributed by atoms with Crippen molar-refractivity contribution in [2.24, 2.45) is 0 Å². The summed E-state index contributed by atoms with van der Waals surface area (Å²) >= 11 is 0. The summed E-state index contributed by atoms with van der Waals surface area (Å²) in [5.41, 5.74) is 3.14. The second-order valence-electron chi connectivity index (χ2n) is 4.82. The zero-order chi connectivity index (χ0) is 15.5. The van der Waals surface area contributed by atoms with Crippen LogP contribution in [0.15, 0.2) is 48.5 Å². The number of aryl methyl sites for hydroxylation is 1. The molecule has 0 saturated carbocycles. The van der Waals surface area contributed by atoms with Crippen LogP contribution in [0.5, 0.6) is 0 Å². The van der Waals surface area contributed by atoms with E-state index in [1.807, 2.05) is 37.3 Å². The van der Waals surface area contributed by atoms with Gasteiger partial charge in [-0.25, -0.2) is 9.37 Å². The van der Waals surface area contributed by atoms with E-state index in [-0.39, 0.29) is 11.5 Å². The third kappa shape index (κ3) is 2.67. The van der Waals surface area contributed by atoms with Crippen LogP contribution in [-0.4, -0.2) is 15.2 Å². The summed E-state index contributed by atoms with van der Waals surface area (Å²) in [6.45, 7) is 1.98. The summed E-state index contributed by atoms with van der Waals surface area (Å²) in [7, 11) is 0. The first kappa shape index (κ1) is 13.8. The summed E-state index contributed by atoms with van der Waals surface area (Å²) in [6.07, 6.45) is 0. The summed E-state index contributed by atoms with van der Waals surface area (Å²) in [5, 5.41) is 17.5. The molecule has 0 radical (unpaired) electrons. The van der Waals surface area contributed by atoms with Crippen molar-refractivity contribution in [3.8, 4) is 28.7 Å². The maximum Gasteiger partial charge on any atom is 0.183 e. The Morgan fingerprint density at radius 3 is 2.18 bits per heavy atom. The highest BCUT2D eigenvalue weighted by Crippen LogP contribution is 2.22. The van der Waals surface area contributed by atoms with Gasteiger partial charge in [0.15, 0.2) is 11.5 Å². The number of nitriles is 1. The average Bonchev–Trinajstić information content (AvgIpc) is 2.56. The SMILES string of the molecule is Cc1ccc(-c2nnc(-c3ccc(F)cc3)nc2C#N)cc1. The molecular weight excluding hydrogens is 279 g/mol. The Balaban J connectivity index is 2.06. The summed E-state index contributed by atoms with van der Waals surface area (Å²) < 4.78 is 13.0. The van der Waals surface area contributed by atoms with Gasteiger partial charge in [0.25, 0.3) is 0 Å². The first-order valence-electron chi connectivity index (χ1n) is 6.65. The maximum absolute atomic E-state index is 13.0. The molecule has 0 bridgehead atoms. The van der Waals surface area contributed by atoms with E-state index >= 15 is 0 Å². The molecule has 22 heavy (non-hydrogen) atoms. The highest BCUT2D eigenvalue weighted by molar-refractivity contribution is 5.66. The van der Waals surface area contributed by atoms with Gasteiger partial charge in [-0.05, 0) is 31.2 Å². The van der Waals surface area contributed by atoms with Gasteiger partial charge in [0.2, 0.25) is 0 Å². The third-order valence-corrected chi connectivity index (χ3v) is 3.22. The van der Waals surface area contributed by atoms with Crippen molar-refractivity contribution >= 4 is 0 Å². The minimum atomic E-state index is -0.339. The fourth-order valence-electron chi connectivity index (χ4n) is 2.03. The van der Waals surface area contributed by atoms with Crippen LogP contribution in [0.4, 0.5) is 4.39 Å². The fourth-order valence-corrected chi connectivity index (χ4v) is 2.03. The Bertz CT molecular complexity index is 849. The fraction of sp³-hybridized carbons (Fsp3) is 0.0588. The topological polar surface area (TPSA) is 62.5 Å². The molecule has 0 aliphatic rings. The van der Waals surface area contributed by atoms with Gasteiger partial charge in [-0.2, -0.15) is 5.26 Å². The van der Waals surface area contributed by atoms with Crippen molar-refractivity contribution < 1.29 is 4.39 Å². The first-order chi connectivity index (χ1) is 10.7. The lowest BCUT2D eigenvalue weighted by Gasteiger charge is -2.05. The number of aromatic nitrogens is 3. The number of hydrogen-bond donors (Lipinski definition) is 0. The molecule has 0 aliphatic carbocycles. The van der Waals surface area contributed by atoms with Crippen molar-refractivity contribution in [2.45, 2.75) is 6.92 Å². The molecule has 0 aliphatic heterocycles. The van der Waals surface area contributed by atoms with Gasteiger partial charge in [0.05, 0.1) is 0 Å². The Kier molecular flexibility index (Phi) is 3.58. The van der Waals surface area contributed by atoms with Crippen LogP contribution >= 0.6 is 0 Å².